The van der Waals surface area contributed by atoms with Gasteiger partial charge >= 0.3 is 12.1 Å². The van der Waals surface area contributed by atoms with Crippen molar-refractivity contribution in [2.45, 2.75) is 18.6 Å². The molecule has 0 radical (unpaired) electrons. The molecule has 6 heteroatoms. The van der Waals surface area contributed by atoms with Gasteiger partial charge in [-0.15, -0.1) is 0 Å². The molecule has 1 aliphatic heterocycles. The Balaban J connectivity index is 2.33. The van der Waals surface area contributed by atoms with Crippen molar-refractivity contribution in [1.82, 2.24) is 10.6 Å². The van der Waals surface area contributed by atoms with Crippen molar-refractivity contribution in [1.29, 1.82) is 0 Å². The molecule has 0 aromatic carbocycles. The Labute approximate surface area is 75.3 Å². The first kappa shape index (κ1) is 9.79. The highest BCUT2D eigenvalue weighted by Gasteiger charge is 2.31. The van der Waals surface area contributed by atoms with Crippen LogP contribution in [0.1, 0.15) is 6.42 Å². The van der Waals surface area contributed by atoms with Crippen LogP contribution in [0.3, 0.4) is 0 Å². The normalized spacial score (nSPS) is 26.8. The molecule has 0 bridgehead atoms. The van der Waals surface area contributed by atoms with Crippen LogP contribution in [0.2, 0.25) is 0 Å². The quantitative estimate of drug-likeness (QED) is 0.525. The maximum atomic E-state index is 10.7. The summed E-state index contributed by atoms with van der Waals surface area (Å²) in [5.41, 5.74) is 0. The number of nitrogens with one attached hydrogen (secondary N) is 2. The highest BCUT2D eigenvalue weighted by atomic mass is 16.6. The molecule has 1 heterocycles. The lowest BCUT2D eigenvalue weighted by Crippen LogP contribution is -2.30. The van der Waals surface area contributed by atoms with Gasteiger partial charge in [-0.25, -0.2) is 4.79 Å². The fourth-order valence-electron chi connectivity index (χ4n) is 1.19. The van der Waals surface area contributed by atoms with Crippen molar-refractivity contribution in [3.8, 4) is 0 Å². The summed E-state index contributed by atoms with van der Waals surface area (Å²) in [5, 5.41) is 13.6. The molecule has 2 atom stereocenters. The number of ether oxygens (including phenoxy) is 1. The zero-order valence-corrected chi connectivity index (χ0v) is 7.24. The Morgan fingerprint density at radius 1 is 1.62 bits per heavy atom. The molecule has 0 unspecified atom stereocenters. The number of rotatable bonds is 2. The van der Waals surface area contributed by atoms with Gasteiger partial charge in [-0.1, -0.05) is 0 Å². The lowest BCUT2D eigenvalue weighted by atomic mass is 10.2. The number of carbonyl (C=O) groups excluding carboxylic acids is 1. The third-order valence-corrected chi connectivity index (χ3v) is 1.87. The van der Waals surface area contributed by atoms with E-state index in [4.69, 9.17) is 9.84 Å². The SMILES string of the molecule is CNC(=O)O[C@@H]1CN[C@H](C(=O)O)C1. The molecular weight excluding hydrogens is 176 g/mol. The standard InChI is InChI=1S/C7H12N2O4/c1-8-7(12)13-4-2-5(6(10)11)9-3-4/h4-5,9H,2-3H2,1H3,(H,8,12)(H,10,11)/t4-,5-/m0/s1. The molecule has 0 aromatic heterocycles. The number of aliphatic carboxylic acids is 1. The molecule has 1 aliphatic rings. The van der Waals surface area contributed by atoms with Gasteiger partial charge in [0.2, 0.25) is 0 Å². The van der Waals surface area contributed by atoms with Crippen molar-refractivity contribution in [3.63, 3.8) is 0 Å². The Bertz CT molecular complexity index is 219. The highest BCUT2D eigenvalue weighted by molar-refractivity contribution is 5.74. The summed E-state index contributed by atoms with van der Waals surface area (Å²) in [7, 11) is 1.46. The molecule has 1 rings (SSSR count). The van der Waals surface area contributed by atoms with Crippen LogP contribution in [-0.4, -0.2) is 42.9 Å². The van der Waals surface area contributed by atoms with Crippen molar-refractivity contribution in [3.05, 3.63) is 0 Å². The van der Waals surface area contributed by atoms with Crippen LogP contribution in [0.5, 0.6) is 0 Å². The Kier molecular flexibility index (Phi) is 3.07. The van der Waals surface area contributed by atoms with Gasteiger partial charge in [-0.05, 0) is 0 Å². The van der Waals surface area contributed by atoms with E-state index in [2.05, 4.69) is 10.6 Å². The number of hydrogen-bond donors (Lipinski definition) is 3. The molecule has 74 valence electrons. The molecular formula is C7H12N2O4. The summed E-state index contributed by atoms with van der Waals surface area (Å²) in [4.78, 5) is 21.2. The Morgan fingerprint density at radius 3 is 2.77 bits per heavy atom. The molecule has 3 N–H and O–H groups in total. The third kappa shape index (κ3) is 2.59. The number of carboxylic acids is 1. The highest BCUT2D eigenvalue weighted by Crippen LogP contribution is 2.10. The first-order valence-corrected chi connectivity index (χ1v) is 3.98. The summed E-state index contributed by atoms with van der Waals surface area (Å²) in [5.74, 6) is -0.914. The van der Waals surface area contributed by atoms with Crippen molar-refractivity contribution >= 4 is 12.1 Å². The zero-order valence-electron chi connectivity index (χ0n) is 7.24. The minimum Gasteiger partial charge on any atom is -0.480 e. The van der Waals surface area contributed by atoms with E-state index in [-0.39, 0.29) is 6.10 Å². The van der Waals surface area contributed by atoms with Gasteiger partial charge in [-0.3, -0.25) is 4.79 Å². The first-order valence-electron chi connectivity index (χ1n) is 3.98. The van der Waals surface area contributed by atoms with Gasteiger partial charge in [-0.2, -0.15) is 0 Å². The van der Waals surface area contributed by atoms with Crippen LogP contribution in [-0.2, 0) is 9.53 Å². The number of amides is 1. The van der Waals surface area contributed by atoms with Gasteiger partial charge in [0.25, 0.3) is 0 Å². The molecule has 1 fully saturated rings. The predicted octanol–water partition coefficient (Wildman–Crippen LogP) is -0.842. The molecule has 1 amide bonds. The maximum absolute atomic E-state index is 10.7. The summed E-state index contributed by atoms with van der Waals surface area (Å²) in [6.45, 7) is 0.393. The van der Waals surface area contributed by atoms with E-state index in [1.165, 1.54) is 7.05 Å². The predicted molar refractivity (Wildman–Crippen MR) is 43.4 cm³/mol. The number of alkyl carbamates (subject to hydrolysis) is 1. The number of carbonyl (C=O) groups is 2. The molecule has 0 aliphatic carbocycles. The van der Waals surface area contributed by atoms with Crippen LogP contribution in [0.4, 0.5) is 4.79 Å². The van der Waals surface area contributed by atoms with Crippen LogP contribution < -0.4 is 10.6 Å². The third-order valence-electron chi connectivity index (χ3n) is 1.87. The van der Waals surface area contributed by atoms with Gasteiger partial charge in [0.05, 0.1) is 0 Å². The monoisotopic (exact) mass is 188 g/mol. The molecule has 13 heavy (non-hydrogen) atoms. The van der Waals surface area contributed by atoms with E-state index in [1.807, 2.05) is 0 Å². The number of hydrogen-bond acceptors (Lipinski definition) is 4. The van der Waals surface area contributed by atoms with Gasteiger partial charge in [0.15, 0.2) is 0 Å². The van der Waals surface area contributed by atoms with E-state index in [0.717, 1.165) is 0 Å². The van der Waals surface area contributed by atoms with Gasteiger partial charge in [0.1, 0.15) is 12.1 Å². The van der Waals surface area contributed by atoms with Crippen molar-refractivity contribution in [2.75, 3.05) is 13.6 Å². The van der Waals surface area contributed by atoms with Crippen LogP contribution in [0.15, 0.2) is 0 Å². The van der Waals surface area contributed by atoms with E-state index in [1.54, 1.807) is 0 Å². The lowest BCUT2D eigenvalue weighted by Gasteiger charge is -2.09. The second kappa shape index (κ2) is 4.08. The molecule has 0 saturated carbocycles. The largest absolute Gasteiger partial charge is 0.480 e. The maximum Gasteiger partial charge on any atom is 0.407 e. The average molecular weight is 188 g/mol. The smallest absolute Gasteiger partial charge is 0.407 e. The lowest BCUT2D eigenvalue weighted by molar-refractivity contribution is -0.139. The van der Waals surface area contributed by atoms with Gasteiger partial charge < -0.3 is 20.5 Å². The van der Waals surface area contributed by atoms with E-state index < -0.39 is 18.1 Å². The summed E-state index contributed by atoms with van der Waals surface area (Å²) < 4.78 is 4.86. The molecule has 0 spiro atoms. The Morgan fingerprint density at radius 2 is 2.31 bits per heavy atom. The van der Waals surface area contributed by atoms with Crippen molar-refractivity contribution < 1.29 is 19.4 Å². The average Bonchev–Trinajstić information content (AvgIpc) is 2.52. The fraction of sp³-hybridized carbons (Fsp3) is 0.714. The van der Waals surface area contributed by atoms with E-state index >= 15 is 0 Å². The fourth-order valence-corrected chi connectivity index (χ4v) is 1.19. The number of carboxylic acid groups (broad SMARTS) is 1. The van der Waals surface area contributed by atoms with Crippen LogP contribution >= 0.6 is 0 Å². The summed E-state index contributed by atoms with van der Waals surface area (Å²) in [6, 6.07) is -0.602. The van der Waals surface area contributed by atoms with Crippen molar-refractivity contribution in [2.24, 2.45) is 0 Å². The van der Waals surface area contributed by atoms with E-state index in [0.29, 0.717) is 13.0 Å². The topological polar surface area (TPSA) is 87.7 Å². The molecule has 6 nitrogen and oxygen atoms in total. The second-order valence-corrected chi connectivity index (χ2v) is 2.81. The summed E-state index contributed by atoms with van der Waals surface area (Å²) in [6.07, 6.45) is -0.554. The Hall–Kier alpha value is -1.30. The van der Waals surface area contributed by atoms with Crippen LogP contribution in [0.25, 0.3) is 0 Å². The first-order chi connectivity index (χ1) is 6.13. The molecule has 0 aromatic rings. The molecule has 1 saturated heterocycles. The van der Waals surface area contributed by atoms with E-state index in [9.17, 15) is 9.59 Å². The second-order valence-electron chi connectivity index (χ2n) is 2.81. The zero-order chi connectivity index (χ0) is 9.84. The van der Waals surface area contributed by atoms with Crippen LogP contribution in [0, 0.1) is 0 Å². The van der Waals surface area contributed by atoms with Gasteiger partial charge in [0, 0.05) is 20.0 Å². The summed E-state index contributed by atoms with van der Waals surface area (Å²) >= 11 is 0. The minimum absolute atomic E-state index is 0.322. The minimum atomic E-state index is -0.914.